The van der Waals surface area contributed by atoms with Crippen molar-refractivity contribution >= 4 is 11.7 Å². The zero-order valence-corrected chi connectivity index (χ0v) is 12.1. The van der Waals surface area contributed by atoms with E-state index in [2.05, 4.69) is 5.32 Å². The number of hydrogen-bond acceptors (Lipinski definition) is 3. The molecule has 1 heterocycles. The summed E-state index contributed by atoms with van der Waals surface area (Å²) in [7, 11) is 0. The molecule has 21 heavy (non-hydrogen) atoms. The van der Waals surface area contributed by atoms with Gasteiger partial charge < -0.3 is 9.88 Å². The first kappa shape index (κ1) is 14.0. The number of Topliss-reactive ketones (excluding diaryl/α,β-unsaturated/α-hetero) is 1. The highest BCUT2D eigenvalue weighted by molar-refractivity contribution is 5.98. The van der Waals surface area contributed by atoms with Gasteiger partial charge in [0.15, 0.2) is 5.78 Å². The molecule has 1 aromatic rings. The number of carbonyl (C=O) groups excluding carboxylic acids is 2. The maximum atomic E-state index is 12.1. The molecule has 0 saturated heterocycles. The van der Waals surface area contributed by atoms with Crippen molar-refractivity contribution in [2.75, 3.05) is 0 Å². The summed E-state index contributed by atoms with van der Waals surface area (Å²) in [6.45, 7) is 0.0196. The zero-order chi connectivity index (χ0) is 14.8. The Bertz CT molecular complexity index is 627. The monoisotopic (exact) mass is 288 g/mol. The summed E-state index contributed by atoms with van der Waals surface area (Å²) in [6, 6.07) is 3.24. The van der Waals surface area contributed by atoms with Gasteiger partial charge in [-0.25, -0.2) is 0 Å². The SMILES string of the molecule is O=C(Cn1c2c(ccc1=O)C(=O)CCC2)NC1CCCC1. The van der Waals surface area contributed by atoms with Crippen LogP contribution >= 0.6 is 0 Å². The first-order valence-electron chi connectivity index (χ1n) is 7.70. The van der Waals surface area contributed by atoms with Gasteiger partial charge in [-0.3, -0.25) is 14.4 Å². The average Bonchev–Trinajstić information content (AvgIpc) is 2.95. The number of nitrogens with one attached hydrogen (secondary N) is 1. The second-order valence-corrected chi connectivity index (χ2v) is 5.94. The van der Waals surface area contributed by atoms with E-state index < -0.39 is 0 Å². The van der Waals surface area contributed by atoms with Gasteiger partial charge >= 0.3 is 0 Å². The molecule has 0 radical (unpaired) electrons. The van der Waals surface area contributed by atoms with Crippen molar-refractivity contribution in [2.24, 2.45) is 0 Å². The summed E-state index contributed by atoms with van der Waals surface area (Å²) in [4.78, 5) is 36.1. The molecule has 0 unspecified atom stereocenters. The molecule has 0 spiro atoms. The molecule has 1 amide bonds. The maximum Gasteiger partial charge on any atom is 0.251 e. The van der Waals surface area contributed by atoms with E-state index in [1.165, 1.54) is 10.6 Å². The highest BCUT2D eigenvalue weighted by Crippen LogP contribution is 2.20. The van der Waals surface area contributed by atoms with Crippen LogP contribution < -0.4 is 10.9 Å². The Balaban J connectivity index is 1.81. The smallest absolute Gasteiger partial charge is 0.251 e. The Morgan fingerprint density at radius 1 is 1.14 bits per heavy atom. The lowest BCUT2D eigenvalue weighted by Gasteiger charge is -2.20. The molecule has 0 aromatic carbocycles. The predicted octanol–water partition coefficient (Wildman–Crippen LogP) is 1.43. The molecule has 112 valence electrons. The summed E-state index contributed by atoms with van der Waals surface area (Å²) in [5.74, 6) is -0.0587. The Morgan fingerprint density at radius 3 is 2.67 bits per heavy atom. The number of carbonyl (C=O) groups is 2. The Labute approximate surface area is 123 Å². The minimum atomic E-state index is -0.204. The molecule has 1 aromatic heterocycles. The molecule has 5 nitrogen and oxygen atoms in total. The topological polar surface area (TPSA) is 68.2 Å². The van der Waals surface area contributed by atoms with Gasteiger partial charge in [0.25, 0.3) is 5.56 Å². The molecular formula is C16H20N2O3. The van der Waals surface area contributed by atoms with Crippen LogP contribution in [0.15, 0.2) is 16.9 Å². The highest BCUT2D eigenvalue weighted by atomic mass is 16.2. The summed E-state index contributed by atoms with van der Waals surface area (Å²) in [5, 5.41) is 2.99. The Hall–Kier alpha value is -1.91. The van der Waals surface area contributed by atoms with Gasteiger partial charge in [-0.15, -0.1) is 0 Å². The van der Waals surface area contributed by atoms with Crippen molar-refractivity contribution in [2.45, 2.75) is 57.5 Å². The number of fused-ring (bicyclic) bond motifs is 1. The third-order valence-electron chi connectivity index (χ3n) is 4.44. The van der Waals surface area contributed by atoms with Crippen LogP contribution in [0.4, 0.5) is 0 Å². The van der Waals surface area contributed by atoms with Crippen LogP contribution in [0.25, 0.3) is 0 Å². The van der Waals surface area contributed by atoms with E-state index in [4.69, 9.17) is 0 Å². The largest absolute Gasteiger partial charge is 0.352 e. The lowest BCUT2D eigenvalue weighted by Crippen LogP contribution is -2.39. The van der Waals surface area contributed by atoms with Gasteiger partial charge in [-0.05, 0) is 31.7 Å². The molecule has 3 rings (SSSR count). The maximum absolute atomic E-state index is 12.1. The lowest BCUT2D eigenvalue weighted by atomic mass is 9.94. The van der Waals surface area contributed by atoms with E-state index in [1.54, 1.807) is 6.07 Å². The van der Waals surface area contributed by atoms with E-state index in [1.807, 2.05) is 0 Å². The number of nitrogens with zero attached hydrogens (tertiary/aromatic N) is 1. The number of ketones is 1. The third-order valence-corrected chi connectivity index (χ3v) is 4.44. The predicted molar refractivity (Wildman–Crippen MR) is 78.4 cm³/mol. The van der Waals surface area contributed by atoms with Crippen molar-refractivity contribution in [3.63, 3.8) is 0 Å². The average molecular weight is 288 g/mol. The molecular weight excluding hydrogens is 268 g/mol. The van der Waals surface area contributed by atoms with E-state index in [0.717, 1.165) is 37.8 Å². The van der Waals surface area contributed by atoms with Crippen LogP contribution in [-0.4, -0.2) is 22.3 Å². The van der Waals surface area contributed by atoms with Gasteiger partial charge in [0.05, 0.1) is 0 Å². The van der Waals surface area contributed by atoms with Crippen LogP contribution in [0.1, 0.15) is 54.6 Å². The first-order valence-corrected chi connectivity index (χ1v) is 7.70. The van der Waals surface area contributed by atoms with Gasteiger partial charge in [-0.2, -0.15) is 0 Å². The Kier molecular flexibility index (Phi) is 3.90. The van der Waals surface area contributed by atoms with Crippen LogP contribution in [0.3, 0.4) is 0 Å². The van der Waals surface area contributed by atoms with Crippen molar-refractivity contribution in [3.8, 4) is 0 Å². The molecule has 0 bridgehead atoms. The molecule has 2 aliphatic carbocycles. The number of pyridine rings is 1. The normalized spacial score (nSPS) is 18.6. The number of amides is 1. The molecule has 2 aliphatic rings. The number of hydrogen-bond donors (Lipinski definition) is 1. The van der Waals surface area contributed by atoms with Crippen molar-refractivity contribution < 1.29 is 9.59 Å². The summed E-state index contributed by atoms with van der Waals surface area (Å²) in [6.07, 6.45) is 6.31. The lowest BCUT2D eigenvalue weighted by molar-refractivity contribution is -0.122. The van der Waals surface area contributed by atoms with E-state index in [0.29, 0.717) is 18.4 Å². The number of rotatable bonds is 3. The van der Waals surface area contributed by atoms with E-state index in [9.17, 15) is 14.4 Å². The number of aromatic nitrogens is 1. The molecule has 5 heteroatoms. The fourth-order valence-electron chi connectivity index (χ4n) is 3.35. The molecule has 1 saturated carbocycles. The van der Waals surface area contributed by atoms with Crippen molar-refractivity contribution in [3.05, 3.63) is 33.7 Å². The van der Waals surface area contributed by atoms with E-state index >= 15 is 0 Å². The van der Waals surface area contributed by atoms with E-state index in [-0.39, 0.29) is 29.8 Å². The van der Waals surface area contributed by atoms with Crippen molar-refractivity contribution in [1.82, 2.24) is 9.88 Å². The van der Waals surface area contributed by atoms with Gasteiger partial charge in [0.2, 0.25) is 5.91 Å². The zero-order valence-electron chi connectivity index (χ0n) is 12.1. The summed E-state index contributed by atoms with van der Waals surface area (Å²) in [5.41, 5.74) is 1.12. The second kappa shape index (κ2) is 5.84. The van der Waals surface area contributed by atoms with Gasteiger partial charge in [0, 0.05) is 29.8 Å². The van der Waals surface area contributed by atoms with Gasteiger partial charge in [0.1, 0.15) is 6.54 Å². The van der Waals surface area contributed by atoms with Crippen molar-refractivity contribution in [1.29, 1.82) is 0 Å². The minimum Gasteiger partial charge on any atom is -0.352 e. The summed E-state index contributed by atoms with van der Waals surface area (Å²) >= 11 is 0. The van der Waals surface area contributed by atoms with Crippen LogP contribution in [0.2, 0.25) is 0 Å². The first-order chi connectivity index (χ1) is 10.1. The standard InChI is InChI=1S/C16H20N2O3/c19-14-7-3-6-13-12(14)8-9-16(21)18(13)10-15(20)17-11-4-1-2-5-11/h8-9,11H,1-7,10H2,(H,17,20). The fourth-order valence-corrected chi connectivity index (χ4v) is 3.35. The van der Waals surface area contributed by atoms with Crippen LogP contribution in [0, 0.1) is 0 Å². The molecule has 1 N–H and O–H groups in total. The quantitative estimate of drug-likeness (QED) is 0.914. The van der Waals surface area contributed by atoms with Gasteiger partial charge in [-0.1, -0.05) is 12.8 Å². The summed E-state index contributed by atoms with van der Waals surface area (Å²) < 4.78 is 1.47. The molecule has 0 atom stereocenters. The van der Waals surface area contributed by atoms with Crippen LogP contribution in [-0.2, 0) is 17.8 Å². The fraction of sp³-hybridized carbons (Fsp3) is 0.562. The highest BCUT2D eigenvalue weighted by Gasteiger charge is 2.23. The molecule has 1 fully saturated rings. The minimum absolute atomic E-state index is 0.0196. The van der Waals surface area contributed by atoms with Crippen LogP contribution in [0.5, 0.6) is 0 Å². The second-order valence-electron chi connectivity index (χ2n) is 5.94. The Morgan fingerprint density at radius 2 is 1.90 bits per heavy atom. The molecule has 0 aliphatic heterocycles. The third kappa shape index (κ3) is 2.91.